The fourth-order valence-electron chi connectivity index (χ4n) is 2.06. The third-order valence-electron chi connectivity index (χ3n) is 3.38. The summed E-state index contributed by atoms with van der Waals surface area (Å²) in [4.78, 5) is 0. The molecule has 0 aliphatic rings. The monoisotopic (exact) mass is 259 g/mol. The maximum Gasteiger partial charge on any atom is 0.341 e. The van der Waals surface area contributed by atoms with Crippen LogP contribution in [-0.2, 0) is 4.57 Å². The number of unbranched alkanes of at least 4 members (excludes halogenated alkanes) is 4. The van der Waals surface area contributed by atoms with Gasteiger partial charge < -0.3 is 0 Å². The zero-order valence-corrected chi connectivity index (χ0v) is 13.3. The molecule has 2 heteroatoms. The topological polar surface area (TPSA) is 17.1 Å². The van der Waals surface area contributed by atoms with Crippen molar-refractivity contribution in [3.63, 3.8) is 0 Å². The lowest BCUT2D eigenvalue weighted by Crippen LogP contribution is -1.99. The van der Waals surface area contributed by atoms with Crippen molar-refractivity contribution in [1.82, 2.24) is 0 Å². The Morgan fingerprint density at radius 3 is 2.12 bits per heavy atom. The first-order valence-electron chi connectivity index (χ1n) is 7.51. The predicted octanol–water partition coefficient (Wildman–Crippen LogP) is 6.00. The van der Waals surface area contributed by atoms with E-state index < -0.39 is 7.80 Å². The van der Waals surface area contributed by atoms with Crippen LogP contribution in [0.5, 0.6) is 0 Å². The van der Waals surface area contributed by atoms with Crippen molar-refractivity contribution in [1.29, 1.82) is 0 Å². The van der Waals surface area contributed by atoms with Gasteiger partial charge in [0.05, 0.1) is 0 Å². The molecule has 0 fully saturated rings. The molecule has 0 spiro atoms. The summed E-state index contributed by atoms with van der Waals surface area (Å²) in [6, 6.07) is 0. The minimum atomic E-state index is -0.944. The van der Waals surface area contributed by atoms with E-state index >= 15 is 0 Å². The average molecular weight is 259 g/mol. The maximum absolute atomic E-state index is 12.0. The average Bonchev–Trinajstić information content (AvgIpc) is 2.27. The number of rotatable bonds is 11. The molecule has 102 valence electrons. The third-order valence-corrected chi connectivity index (χ3v) is 5.38. The Hall–Kier alpha value is 0.100. The lowest BCUT2D eigenvalue weighted by atomic mass is 10.1. The van der Waals surface area contributed by atoms with Gasteiger partial charge in [-0.05, 0) is 38.5 Å². The summed E-state index contributed by atoms with van der Waals surface area (Å²) in [5.74, 6) is 0.786. The fraction of sp³-hybridized carbons (Fsp3) is 1.00. The molecule has 0 aromatic heterocycles. The van der Waals surface area contributed by atoms with Gasteiger partial charge in [-0.3, -0.25) is 0 Å². The van der Waals surface area contributed by atoms with E-state index in [0.29, 0.717) is 5.66 Å². The van der Waals surface area contributed by atoms with Crippen molar-refractivity contribution in [3.8, 4) is 0 Å². The fourth-order valence-corrected chi connectivity index (χ4v) is 3.50. The highest BCUT2D eigenvalue weighted by molar-refractivity contribution is 7.45. The van der Waals surface area contributed by atoms with Gasteiger partial charge in [0, 0.05) is 0 Å². The van der Waals surface area contributed by atoms with E-state index in [0.717, 1.165) is 18.5 Å². The first-order chi connectivity index (χ1) is 8.07. The van der Waals surface area contributed by atoms with E-state index in [1.54, 1.807) is 0 Å². The predicted molar refractivity (Wildman–Crippen MR) is 79.4 cm³/mol. The van der Waals surface area contributed by atoms with Crippen LogP contribution in [0.3, 0.4) is 0 Å². The molecule has 0 heterocycles. The molecule has 1 nitrogen and oxygen atoms in total. The van der Waals surface area contributed by atoms with Crippen molar-refractivity contribution in [3.05, 3.63) is 0 Å². The maximum atomic E-state index is 12.0. The Bertz CT molecular complexity index is 189. The van der Waals surface area contributed by atoms with Crippen molar-refractivity contribution in [2.24, 2.45) is 5.92 Å². The zero-order valence-electron chi connectivity index (χ0n) is 12.4. The highest BCUT2D eigenvalue weighted by Gasteiger charge is 2.23. The Balaban J connectivity index is 3.47. The van der Waals surface area contributed by atoms with Gasteiger partial charge >= 0.3 is 7.80 Å². The molecule has 0 radical (unpaired) electrons. The van der Waals surface area contributed by atoms with Crippen LogP contribution in [0.4, 0.5) is 0 Å². The molecule has 17 heavy (non-hydrogen) atoms. The van der Waals surface area contributed by atoms with E-state index in [-0.39, 0.29) is 0 Å². The highest BCUT2D eigenvalue weighted by Crippen LogP contribution is 2.33. The minimum Gasteiger partial charge on any atom is -0.0745 e. The molecular formula is C15H32OP+. The van der Waals surface area contributed by atoms with Crippen LogP contribution in [0.2, 0.25) is 0 Å². The Labute approximate surface area is 110 Å². The van der Waals surface area contributed by atoms with Crippen molar-refractivity contribution < 1.29 is 4.57 Å². The Morgan fingerprint density at radius 1 is 0.882 bits per heavy atom. The number of hydrogen-bond acceptors (Lipinski definition) is 1. The van der Waals surface area contributed by atoms with Crippen molar-refractivity contribution in [2.45, 2.75) is 84.7 Å². The van der Waals surface area contributed by atoms with Gasteiger partial charge in [-0.1, -0.05) is 51.0 Å². The molecule has 0 saturated carbocycles. The summed E-state index contributed by atoms with van der Waals surface area (Å²) in [5.41, 5.74) is 0.440. The second kappa shape index (κ2) is 11.2. The molecule has 0 N–H and O–H groups in total. The lowest BCUT2D eigenvalue weighted by Gasteiger charge is -2.04. The first-order valence-corrected chi connectivity index (χ1v) is 9.03. The van der Waals surface area contributed by atoms with Gasteiger partial charge in [-0.25, -0.2) is 0 Å². The largest absolute Gasteiger partial charge is 0.341 e. The van der Waals surface area contributed by atoms with Gasteiger partial charge in [0.25, 0.3) is 0 Å². The quantitative estimate of drug-likeness (QED) is 0.328. The molecule has 2 unspecified atom stereocenters. The molecule has 0 amide bonds. The van der Waals surface area contributed by atoms with Crippen LogP contribution in [0.15, 0.2) is 0 Å². The second-order valence-electron chi connectivity index (χ2n) is 5.73. The third kappa shape index (κ3) is 10.9. The van der Waals surface area contributed by atoms with Crippen LogP contribution < -0.4 is 0 Å². The van der Waals surface area contributed by atoms with E-state index in [4.69, 9.17) is 0 Å². The summed E-state index contributed by atoms with van der Waals surface area (Å²) < 4.78 is 12.0. The van der Waals surface area contributed by atoms with Crippen molar-refractivity contribution in [2.75, 3.05) is 6.16 Å². The van der Waals surface area contributed by atoms with Crippen LogP contribution in [0.25, 0.3) is 0 Å². The summed E-state index contributed by atoms with van der Waals surface area (Å²) >= 11 is 0. The first kappa shape index (κ1) is 17.1. The summed E-state index contributed by atoms with van der Waals surface area (Å²) in [6.07, 6.45) is 11.0. The summed E-state index contributed by atoms with van der Waals surface area (Å²) in [7, 11) is -0.944. The van der Waals surface area contributed by atoms with E-state index in [1.807, 2.05) is 0 Å². The van der Waals surface area contributed by atoms with Gasteiger partial charge in [0.2, 0.25) is 0 Å². The minimum absolute atomic E-state index is 0.440. The van der Waals surface area contributed by atoms with E-state index in [1.165, 1.54) is 44.9 Å². The standard InChI is InChI=1S/C15H32OP/c1-5-6-7-8-9-13-17(16)15(4)12-10-11-14(2)3/h14-15H,5-13H2,1-4H3/q+1. The molecule has 0 aliphatic heterocycles. The number of hydrogen-bond donors (Lipinski definition) is 0. The molecule has 0 saturated heterocycles. The molecule has 0 aromatic rings. The zero-order chi connectivity index (χ0) is 13.1. The van der Waals surface area contributed by atoms with Crippen molar-refractivity contribution >= 4 is 7.80 Å². The van der Waals surface area contributed by atoms with Gasteiger partial charge in [0.15, 0.2) is 5.66 Å². The molecule has 0 rings (SSSR count). The van der Waals surface area contributed by atoms with Crippen LogP contribution >= 0.6 is 7.80 Å². The Morgan fingerprint density at radius 2 is 1.53 bits per heavy atom. The summed E-state index contributed by atoms with van der Waals surface area (Å²) in [5, 5.41) is 0. The lowest BCUT2D eigenvalue weighted by molar-refractivity contribution is 0.525. The van der Waals surface area contributed by atoms with Gasteiger partial charge in [-0.15, -0.1) is 0 Å². The second-order valence-corrected chi connectivity index (χ2v) is 7.89. The normalized spacial score (nSPS) is 14.1. The SMILES string of the molecule is CCCCCCC[P+](=O)C(C)CCCC(C)C. The Kier molecular flexibility index (Phi) is 11.3. The van der Waals surface area contributed by atoms with Crippen LogP contribution in [0.1, 0.15) is 79.1 Å². The molecule has 0 aromatic carbocycles. The van der Waals surface area contributed by atoms with E-state index in [2.05, 4.69) is 27.7 Å². The van der Waals surface area contributed by atoms with Crippen LogP contribution in [0, 0.1) is 5.92 Å². The highest BCUT2D eigenvalue weighted by atomic mass is 31.1. The molecule has 2 atom stereocenters. The molecular weight excluding hydrogens is 227 g/mol. The molecule has 0 bridgehead atoms. The van der Waals surface area contributed by atoms with Crippen LogP contribution in [-0.4, -0.2) is 11.8 Å². The smallest absolute Gasteiger partial charge is 0.0745 e. The molecule has 0 aliphatic carbocycles. The van der Waals surface area contributed by atoms with E-state index in [9.17, 15) is 4.57 Å². The van der Waals surface area contributed by atoms with Gasteiger partial charge in [0.1, 0.15) is 6.16 Å². The summed E-state index contributed by atoms with van der Waals surface area (Å²) in [6.45, 7) is 8.93. The van der Waals surface area contributed by atoms with Gasteiger partial charge in [-0.2, -0.15) is 0 Å².